The van der Waals surface area contributed by atoms with Gasteiger partial charge in [0.1, 0.15) is 77.9 Å². The maximum Gasteiger partial charge on any atom is 0.145 e. The van der Waals surface area contributed by atoms with Crippen LogP contribution in [0.2, 0.25) is 0 Å². The summed E-state index contributed by atoms with van der Waals surface area (Å²) in [5.74, 6) is 4.83. The van der Waals surface area contributed by atoms with Crippen LogP contribution in [0.4, 0.5) is 22.7 Å². The number of hydrogen-bond donors (Lipinski definition) is 1. The van der Waals surface area contributed by atoms with Crippen molar-refractivity contribution in [1.82, 2.24) is 0 Å². The summed E-state index contributed by atoms with van der Waals surface area (Å²) in [4.78, 5) is 13.0. The molecule has 0 saturated heterocycles. The van der Waals surface area contributed by atoms with Crippen molar-refractivity contribution in [2.24, 2.45) is 20.4 Å². The Balaban J connectivity index is 1.54. The maximum absolute atomic E-state index is 6.36. The molecule has 5 rings (SSSR count). The largest absolute Gasteiger partial charge is 0.490 e. The minimum absolute atomic E-state index is 0.167. The van der Waals surface area contributed by atoms with E-state index in [0.29, 0.717) is 45.7 Å². The Morgan fingerprint density at radius 3 is 1.93 bits per heavy atom. The molecule has 8 nitrogen and oxygen atoms in total. The SMILES string of the molecule is C=C=Nc1ccccc1OCC1(COc2ccccc2N)COc2ccccc2N=C=Nc2ccccc2OC1. The fourth-order valence-corrected chi connectivity index (χ4v) is 4.02. The van der Waals surface area contributed by atoms with Crippen molar-refractivity contribution < 1.29 is 18.9 Å². The third-order valence-electron chi connectivity index (χ3n) is 6.19. The van der Waals surface area contributed by atoms with E-state index in [2.05, 4.69) is 33.4 Å². The van der Waals surface area contributed by atoms with Crippen LogP contribution in [0.15, 0.2) is 119 Å². The first-order chi connectivity index (χ1) is 19.7. The lowest BCUT2D eigenvalue weighted by molar-refractivity contribution is -0.00290. The van der Waals surface area contributed by atoms with Crippen molar-refractivity contribution in [1.29, 1.82) is 0 Å². The second kappa shape index (κ2) is 12.5. The van der Waals surface area contributed by atoms with Crippen molar-refractivity contribution in [3.8, 4) is 23.0 Å². The van der Waals surface area contributed by atoms with Crippen LogP contribution >= 0.6 is 0 Å². The number of rotatable bonds is 7. The van der Waals surface area contributed by atoms with Crippen molar-refractivity contribution in [3.05, 3.63) is 104 Å². The van der Waals surface area contributed by atoms with Gasteiger partial charge in [-0.2, -0.15) is 9.98 Å². The molecule has 0 fully saturated rings. The number of benzene rings is 4. The van der Waals surface area contributed by atoms with Gasteiger partial charge in [0, 0.05) is 0 Å². The van der Waals surface area contributed by atoms with Crippen LogP contribution in [-0.2, 0) is 0 Å². The lowest BCUT2D eigenvalue weighted by Gasteiger charge is -2.33. The first kappa shape index (κ1) is 26.3. The van der Waals surface area contributed by atoms with Gasteiger partial charge in [0.2, 0.25) is 0 Å². The van der Waals surface area contributed by atoms with E-state index in [4.69, 9.17) is 24.7 Å². The van der Waals surface area contributed by atoms with Gasteiger partial charge in [0.25, 0.3) is 0 Å². The molecule has 200 valence electrons. The molecule has 0 amide bonds. The molecule has 4 aromatic carbocycles. The topological polar surface area (TPSA) is 100 Å². The van der Waals surface area contributed by atoms with Crippen molar-refractivity contribution >= 4 is 34.6 Å². The highest BCUT2D eigenvalue weighted by atomic mass is 16.5. The van der Waals surface area contributed by atoms with Gasteiger partial charge in [-0.05, 0) is 61.0 Å². The molecule has 0 atom stereocenters. The van der Waals surface area contributed by atoms with Crippen LogP contribution in [0.1, 0.15) is 0 Å². The molecule has 0 aliphatic carbocycles. The Bertz CT molecular complexity index is 1530. The predicted octanol–water partition coefficient (Wildman–Crippen LogP) is 6.81. The maximum atomic E-state index is 6.36. The zero-order valence-corrected chi connectivity index (χ0v) is 21.8. The predicted molar refractivity (Wildman–Crippen MR) is 156 cm³/mol. The van der Waals surface area contributed by atoms with Crippen LogP contribution in [0, 0.1) is 5.41 Å². The first-order valence-electron chi connectivity index (χ1n) is 12.7. The van der Waals surface area contributed by atoms with Crippen LogP contribution in [-0.4, -0.2) is 38.3 Å². The van der Waals surface area contributed by atoms with Crippen LogP contribution < -0.4 is 24.7 Å². The standard InChI is InChI=1S/C32H28N4O4/c1-2-34-25-12-4-8-16-29(25)38-20-32(19-37-28-15-7-3-11-24(28)33)21-39-30-17-9-5-13-26(30)35-23-36-27-14-6-10-18-31(27)40-22-32/h3-18H,1,19-22,33H2. The smallest absolute Gasteiger partial charge is 0.145 e. The molecule has 0 unspecified atom stereocenters. The van der Waals surface area contributed by atoms with Gasteiger partial charge in [-0.1, -0.05) is 48.5 Å². The fourth-order valence-electron chi connectivity index (χ4n) is 4.02. The molecular weight excluding hydrogens is 504 g/mol. The van der Waals surface area contributed by atoms with Gasteiger partial charge in [0.05, 0.1) is 5.69 Å². The molecule has 0 bridgehead atoms. The van der Waals surface area contributed by atoms with Gasteiger partial charge in [0.15, 0.2) is 0 Å². The number of aliphatic imine (C=N–C) groups is 3. The normalized spacial score (nSPS) is 16.0. The van der Waals surface area contributed by atoms with Crippen LogP contribution in [0.25, 0.3) is 0 Å². The molecule has 0 radical (unpaired) electrons. The molecular formula is C32H28N4O4. The summed E-state index contributed by atoms with van der Waals surface area (Å²) >= 11 is 0. The third kappa shape index (κ3) is 6.40. The number of nitrogens with two attached hydrogens (primary N) is 1. The molecule has 0 aromatic heterocycles. The molecule has 8 heteroatoms. The minimum atomic E-state index is -0.819. The molecule has 4 aromatic rings. The Kier molecular flexibility index (Phi) is 8.23. The molecule has 1 heterocycles. The van der Waals surface area contributed by atoms with Crippen molar-refractivity contribution in [3.63, 3.8) is 0 Å². The van der Waals surface area contributed by atoms with Gasteiger partial charge in [-0.15, -0.1) is 0 Å². The molecule has 40 heavy (non-hydrogen) atoms. The number of nitrogens with zero attached hydrogens (tertiary/aromatic N) is 3. The summed E-state index contributed by atoms with van der Waals surface area (Å²) in [6, 6.07) is 32.4. The molecule has 1 aliphatic heterocycles. The van der Waals surface area contributed by atoms with Crippen molar-refractivity contribution in [2.45, 2.75) is 0 Å². The summed E-state index contributed by atoms with van der Waals surface area (Å²) in [6.45, 7) is 4.29. The van der Waals surface area contributed by atoms with Crippen LogP contribution in [0.5, 0.6) is 23.0 Å². The van der Waals surface area contributed by atoms with Gasteiger partial charge >= 0.3 is 0 Å². The van der Waals surface area contributed by atoms with E-state index in [1.165, 1.54) is 0 Å². The highest BCUT2D eigenvalue weighted by Gasteiger charge is 2.36. The van der Waals surface area contributed by atoms with E-state index in [1.54, 1.807) is 6.07 Å². The average molecular weight is 533 g/mol. The molecule has 0 spiro atoms. The number of fused-ring (bicyclic) bond motifs is 2. The molecule has 2 N–H and O–H groups in total. The van der Waals surface area contributed by atoms with E-state index in [9.17, 15) is 0 Å². The third-order valence-corrected chi connectivity index (χ3v) is 6.19. The molecule has 0 saturated carbocycles. The van der Waals surface area contributed by atoms with E-state index in [1.807, 2.05) is 91.0 Å². The number of ether oxygens (including phenoxy) is 4. The zero-order valence-electron chi connectivity index (χ0n) is 21.8. The Morgan fingerprint density at radius 2 is 1.30 bits per heavy atom. The van der Waals surface area contributed by atoms with Gasteiger partial charge in [-0.25, -0.2) is 4.99 Å². The highest BCUT2D eigenvalue weighted by Crippen LogP contribution is 2.35. The van der Waals surface area contributed by atoms with E-state index in [-0.39, 0.29) is 26.4 Å². The number of hydrogen-bond acceptors (Lipinski definition) is 8. The lowest BCUT2D eigenvalue weighted by Crippen LogP contribution is -2.45. The fraction of sp³-hybridized carbons (Fsp3) is 0.156. The van der Waals surface area contributed by atoms with Crippen LogP contribution in [0.3, 0.4) is 0 Å². The second-order valence-electron chi connectivity index (χ2n) is 9.19. The average Bonchev–Trinajstić information content (AvgIpc) is 2.98. The van der Waals surface area contributed by atoms with E-state index < -0.39 is 5.41 Å². The lowest BCUT2D eigenvalue weighted by atomic mass is 9.92. The van der Waals surface area contributed by atoms with Gasteiger partial charge < -0.3 is 24.7 Å². The number of nitrogen functional groups attached to an aromatic ring is 1. The molecule has 1 aliphatic rings. The Morgan fingerprint density at radius 1 is 0.775 bits per heavy atom. The Labute approximate surface area is 232 Å². The summed E-state index contributed by atoms with van der Waals surface area (Å²) < 4.78 is 25.3. The number of para-hydroxylation sites is 8. The van der Waals surface area contributed by atoms with E-state index in [0.717, 1.165) is 0 Å². The quantitative estimate of drug-likeness (QED) is 0.208. The minimum Gasteiger partial charge on any atom is -0.490 e. The first-order valence-corrected chi connectivity index (χ1v) is 12.7. The summed E-state index contributed by atoms with van der Waals surface area (Å²) in [6.07, 6.45) is 0. The summed E-state index contributed by atoms with van der Waals surface area (Å²) in [5.41, 5.74) is 7.69. The van der Waals surface area contributed by atoms with Gasteiger partial charge in [-0.3, -0.25) is 0 Å². The monoisotopic (exact) mass is 532 g/mol. The number of anilines is 1. The second-order valence-corrected chi connectivity index (χ2v) is 9.19. The summed E-state index contributed by atoms with van der Waals surface area (Å²) in [7, 11) is 0. The van der Waals surface area contributed by atoms with E-state index >= 15 is 0 Å². The van der Waals surface area contributed by atoms with Crippen molar-refractivity contribution in [2.75, 3.05) is 32.2 Å². The zero-order chi connectivity index (χ0) is 27.6. The Hall–Kier alpha value is -5.29. The summed E-state index contributed by atoms with van der Waals surface area (Å²) in [5, 5.41) is 0. The highest BCUT2D eigenvalue weighted by molar-refractivity contribution is 5.64.